The molecule has 0 unspecified atom stereocenters. The van der Waals surface area contributed by atoms with Crippen LogP contribution in [0.25, 0.3) is 0 Å². The normalized spacial score (nSPS) is 11.2. The van der Waals surface area contributed by atoms with Gasteiger partial charge in [-0.05, 0) is 36.4 Å². The molecular weight excluding hydrogens is 309 g/mol. The molecule has 21 heavy (non-hydrogen) atoms. The van der Waals surface area contributed by atoms with E-state index in [0.29, 0.717) is 27.8 Å². The average Bonchev–Trinajstić information content (AvgIpc) is 2.49. The molecule has 0 atom stereocenters. The van der Waals surface area contributed by atoms with Crippen molar-refractivity contribution < 1.29 is 4.79 Å². The standard InChI is InChI=1S/C15H13Cl2N3O/c16-9-14(18)19-10-5-7-11(8-6-10)20-15(21)12-3-1-2-4-13(12)17/h1-8H,9H2,(H2,18,19)(H,20,21). The Bertz CT molecular complexity index is 669. The van der Waals surface area contributed by atoms with Gasteiger partial charge in [-0.1, -0.05) is 23.7 Å². The summed E-state index contributed by atoms with van der Waals surface area (Å²) in [7, 11) is 0. The third kappa shape index (κ3) is 4.21. The minimum Gasteiger partial charge on any atom is -0.386 e. The Morgan fingerprint density at radius 1 is 1.14 bits per heavy atom. The van der Waals surface area contributed by atoms with Gasteiger partial charge < -0.3 is 11.1 Å². The van der Waals surface area contributed by atoms with Gasteiger partial charge in [0.2, 0.25) is 0 Å². The van der Waals surface area contributed by atoms with Crippen LogP contribution in [0.5, 0.6) is 0 Å². The van der Waals surface area contributed by atoms with E-state index in [1.165, 1.54) is 0 Å². The second-order valence-corrected chi connectivity index (χ2v) is 4.89. The summed E-state index contributed by atoms with van der Waals surface area (Å²) in [6, 6.07) is 13.8. The zero-order valence-corrected chi connectivity index (χ0v) is 12.5. The number of alkyl halides is 1. The van der Waals surface area contributed by atoms with Gasteiger partial charge in [0.25, 0.3) is 5.91 Å². The molecule has 4 nitrogen and oxygen atoms in total. The van der Waals surface area contributed by atoms with Crippen molar-refractivity contribution in [3.05, 3.63) is 59.1 Å². The minimum atomic E-state index is -0.267. The van der Waals surface area contributed by atoms with Crippen LogP contribution < -0.4 is 11.1 Å². The molecular formula is C15H13Cl2N3O. The first-order valence-electron chi connectivity index (χ1n) is 6.15. The van der Waals surface area contributed by atoms with Crippen LogP contribution in [-0.2, 0) is 0 Å². The summed E-state index contributed by atoms with van der Waals surface area (Å²) in [5.74, 6) is 0.243. The number of carbonyl (C=O) groups excluding carboxylic acids is 1. The first kappa shape index (κ1) is 15.4. The molecule has 2 aromatic rings. The lowest BCUT2D eigenvalue weighted by molar-refractivity contribution is 0.102. The Labute approximate surface area is 132 Å². The van der Waals surface area contributed by atoms with E-state index in [9.17, 15) is 4.79 Å². The zero-order valence-electron chi connectivity index (χ0n) is 11.0. The summed E-state index contributed by atoms with van der Waals surface area (Å²) in [5, 5.41) is 3.17. The van der Waals surface area contributed by atoms with Crippen LogP contribution in [0.15, 0.2) is 53.5 Å². The number of nitrogens with zero attached hydrogens (tertiary/aromatic N) is 1. The van der Waals surface area contributed by atoms with E-state index >= 15 is 0 Å². The molecule has 3 N–H and O–H groups in total. The topological polar surface area (TPSA) is 67.5 Å². The number of nitrogens with one attached hydrogen (secondary N) is 1. The van der Waals surface area contributed by atoms with Gasteiger partial charge >= 0.3 is 0 Å². The number of amides is 1. The number of anilines is 1. The van der Waals surface area contributed by atoms with Crippen molar-refractivity contribution in [2.75, 3.05) is 11.2 Å². The number of carbonyl (C=O) groups is 1. The van der Waals surface area contributed by atoms with Crippen LogP contribution >= 0.6 is 23.2 Å². The SMILES string of the molecule is NC(CCl)=Nc1ccc(NC(=O)c2ccccc2Cl)cc1. The highest BCUT2D eigenvalue weighted by Gasteiger charge is 2.09. The Kier molecular flexibility index (Phi) is 5.20. The van der Waals surface area contributed by atoms with Crippen molar-refractivity contribution in [3.63, 3.8) is 0 Å². The molecule has 0 aliphatic carbocycles. The second-order valence-electron chi connectivity index (χ2n) is 4.22. The van der Waals surface area contributed by atoms with Crippen molar-refractivity contribution in [1.82, 2.24) is 0 Å². The maximum atomic E-state index is 12.1. The van der Waals surface area contributed by atoms with Gasteiger partial charge in [-0.2, -0.15) is 0 Å². The molecule has 0 aliphatic rings. The van der Waals surface area contributed by atoms with Gasteiger partial charge in [0.15, 0.2) is 0 Å². The Morgan fingerprint density at radius 2 is 1.81 bits per heavy atom. The fourth-order valence-corrected chi connectivity index (χ4v) is 1.94. The third-order valence-electron chi connectivity index (χ3n) is 2.65. The summed E-state index contributed by atoms with van der Waals surface area (Å²) in [4.78, 5) is 16.2. The van der Waals surface area contributed by atoms with Gasteiger partial charge in [0.1, 0.15) is 5.84 Å². The van der Waals surface area contributed by atoms with E-state index < -0.39 is 0 Å². The van der Waals surface area contributed by atoms with Crippen molar-refractivity contribution >= 4 is 46.3 Å². The highest BCUT2D eigenvalue weighted by atomic mass is 35.5. The molecule has 0 heterocycles. The molecule has 0 spiro atoms. The minimum absolute atomic E-state index is 0.172. The third-order valence-corrected chi connectivity index (χ3v) is 3.26. The van der Waals surface area contributed by atoms with Gasteiger partial charge in [0, 0.05) is 5.69 Å². The van der Waals surface area contributed by atoms with E-state index in [-0.39, 0.29) is 11.8 Å². The van der Waals surface area contributed by atoms with Crippen molar-refractivity contribution in [2.24, 2.45) is 10.7 Å². The van der Waals surface area contributed by atoms with E-state index in [1.54, 1.807) is 48.5 Å². The average molecular weight is 322 g/mol. The summed E-state index contributed by atoms with van der Waals surface area (Å²) in [5.41, 5.74) is 7.29. The van der Waals surface area contributed by atoms with E-state index in [4.69, 9.17) is 28.9 Å². The molecule has 0 radical (unpaired) electrons. The largest absolute Gasteiger partial charge is 0.386 e. The molecule has 2 rings (SSSR count). The van der Waals surface area contributed by atoms with Crippen LogP contribution in [0.1, 0.15) is 10.4 Å². The van der Waals surface area contributed by atoms with Gasteiger partial charge in [-0.3, -0.25) is 4.79 Å². The molecule has 0 bridgehead atoms. The molecule has 0 aliphatic heterocycles. The number of hydrogen-bond acceptors (Lipinski definition) is 2. The quantitative estimate of drug-likeness (QED) is 0.510. The maximum Gasteiger partial charge on any atom is 0.257 e. The van der Waals surface area contributed by atoms with Crippen molar-refractivity contribution in [3.8, 4) is 0 Å². The van der Waals surface area contributed by atoms with Crippen molar-refractivity contribution in [2.45, 2.75) is 0 Å². The Balaban J connectivity index is 2.10. The summed E-state index contributed by atoms with van der Waals surface area (Å²) >= 11 is 11.5. The monoisotopic (exact) mass is 321 g/mol. The second kappa shape index (κ2) is 7.11. The van der Waals surface area contributed by atoms with Gasteiger partial charge in [-0.25, -0.2) is 4.99 Å². The first-order valence-corrected chi connectivity index (χ1v) is 7.06. The highest BCUT2D eigenvalue weighted by molar-refractivity contribution is 6.34. The lowest BCUT2D eigenvalue weighted by atomic mass is 10.2. The number of benzene rings is 2. The number of amidine groups is 1. The lowest BCUT2D eigenvalue weighted by Gasteiger charge is -2.07. The predicted molar refractivity (Wildman–Crippen MR) is 87.8 cm³/mol. The van der Waals surface area contributed by atoms with Crippen LogP contribution in [0.2, 0.25) is 5.02 Å². The van der Waals surface area contributed by atoms with Gasteiger partial charge in [0.05, 0.1) is 22.2 Å². The molecule has 0 saturated heterocycles. The van der Waals surface area contributed by atoms with E-state index in [1.807, 2.05) is 0 Å². The zero-order chi connectivity index (χ0) is 15.2. The number of hydrogen-bond donors (Lipinski definition) is 2. The number of aliphatic imine (C=N–C) groups is 1. The van der Waals surface area contributed by atoms with E-state index in [0.717, 1.165) is 0 Å². The lowest BCUT2D eigenvalue weighted by Crippen LogP contribution is -2.12. The molecule has 0 fully saturated rings. The maximum absolute atomic E-state index is 12.1. The molecule has 2 aromatic carbocycles. The Hall–Kier alpha value is -2.04. The predicted octanol–water partition coefficient (Wildman–Crippen LogP) is 3.82. The summed E-state index contributed by atoms with van der Waals surface area (Å²) in [6.07, 6.45) is 0. The Morgan fingerprint density at radius 3 is 2.43 bits per heavy atom. The molecule has 108 valence electrons. The number of rotatable bonds is 4. The fraction of sp³-hybridized carbons (Fsp3) is 0.0667. The van der Waals surface area contributed by atoms with Crippen LogP contribution in [-0.4, -0.2) is 17.6 Å². The molecule has 6 heteroatoms. The van der Waals surface area contributed by atoms with Crippen LogP contribution in [0.4, 0.5) is 11.4 Å². The molecule has 1 amide bonds. The first-order chi connectivity index (χ1) is 10.1. The molecule has 0 saturated carbocycles. The van der Waals surface area contributed by atoms with Gasteiger partial charge in [-0.15, -0.1) is 11.6 Å². The van der Waals surface area contributed by atoms with E-state index in [2.05, 4.69) is 10.3 Å². The smallest absolute Gasteiger partial charge is 0.257 e. The summed E-state index contributed by atoms with van der Waals surface area (Å²) < 4.78 is 0. The van der Waals surface area contributed by atoms with Crippen LogP contribution in [0.3, 0.4) is 0 Å². The number of halogens is 2. The fourth-order valence-electron chi connectivity index (χ4n) is 1.66. The number of nitrogens with two attached hydrogens (primary N) is 1. The molecule has 0 aromatic heterocycles. The van der Waals surface area contributed by atoms with Crippen molar-refractivity contribution in [1.29, 1.82) is 0 Å². The van der Waals surface area contributed by atoms with Crippen LogP contribution in [0, 0.1) is 0 Å². The highest BCUT2D eigenvalue weighted by Crippen LogP contribution is 2.19. The summed E-state index contributed by atoms with van der Waals surface area (Å²) in [6.45, 7) is 0.